The van der Waals surface area contributed by atoms with E-state index in [0.29, 0.717) is 11.8 Å². The summed E-state index contributed by atoms with van der Waals surface area (Å²) in [6, 6.07) is 77.7. The van der Waals surface area contributed by atoms with Crippen molar-refractivity contribution in [2.45, 2.75) is 24.5 Å². The van der Waals surface area contributed by atoms with Crippen molar-refractivity contribution in [3.05, 3.63) is 266 Å². The summed E-state index contributed by atoms with van der Waals surface area (Å²) in [6.07, 6.45) is 3.59. The molecule has 21 heteroatoms. The molecule has 91 heavy (non-hydrogen) atoms. The van der Waals surface area contributed by atoms with E-state index < -0.39 is 0 Å². The Morgan fingerprint density at radius 2 is 0.604 bits per heavy atom. The van der Waals surface area contributed by atoms with Crippen molar-refractivity contribution in [2.75, 3.05) is 0 Å². The van der Waals surface area contributed by atoms with Crippen molar-refractivity contribution < 1.29 is 72.4 Å². The van der Waals surface area contributed by atoms with E-state index in [1.54, 1.807) is 63.8 Å². The minimum absolute atomic E-state index is 0. The number of thiazole rings is 4. The van der Waals surface area contributed by atoms with Crippen molar-refractivity contribution in [3.63, 3.8) is 0 Å². The van der Waals surface area contributed by atoms with E-state index in [-0.39, 0.29) is 64.2 Å². The SMILES string of the molecule is Oc1ccccc1-c1nc2ccccc2s1.[S-]c1ccccc1-c1nc2ccccc2o1.[S-]c1ccccc1-c1nc2ccccc2o1.[S-]c1ccccc1-c1nc2ccccc2s1.[S-]c1ccccc1-c1nccs1.[S-]c1ccccc1-c1nccs1.[Zn+2].[Zn+2].[Zn]. The molecule has 0 aliphatic heterocycles. The van der Waals surface area contributed by atoms with E-state index >= 15 is 0 Å². The van der Waals surface area contributed by atoms with Crippen LogP contribution in [0.5, 0.6) is 5.75 Å². The Morgan fingerprint density at radius 1 is 0.308 bits per heavy atom. The predicted molar refractivity (Wildman–Crippen MR) is 374 cm³/mol. The van der Waals surface area contributed by atoms with Crippen LogP contribution in [0.25, 0.3) is 108 Å². The van der Waals surface area contributed by atoms with E-state index in [9.17, 15) is 5.11 Å². The van der Waals surface area contributed by atoms with E-state index in [1.807, 2.05) is 241 Å². The van der Waals surface area contributed by atoms with E-state index in [0.717, 1.165) is 116 Å². The summed E-state index contributed by atoms with van der Waals surface area (Å²) in [5, 5.41) is 17.5. The van der Waals surface area contributed by atoms with E-state index in [2.05, 4.69) is 36.0 Å². The molecule has 0 atom stereocenters. The molecule has 6 aromatic heterocycles. The van der Waals surface area contributed by atoms with E-state index in [4.69, 9.17) is 72.0 Å². The maximum absolute atomic E-state index is 9.76. The molecule has 0 bridgehead atoms. The first-order valence-corrected chi connectivity index (χ1v) is 32.4. The largest absolute Gasteiger partial charge is 2.00 e. The molecule has 0 saturated carbocycles. The molecule has 0 aliphatic rings. The maximum atomic E-state index is 9.76. The van der Waals surface area contributed by atoms with Gasteiger partial charge in [-0.3, -0.25) is 0 Å². The van der Waals surface area contributed by atoms with Gasteiger partial charge in [-0.15, -0.1) is 45.3 Å². The standard InChI is InChI=1S/3C13H9NOS.C13H9NS2.2C9H7NS2.3Zn/c2*16-12-8-4-1-5-9(12)13-14-10-6-2-3-7-11(10)15-13;2*15-11-7-3-1-5-9(11)13-14-10-6-2-4-8-12(10)16-13;2*11-8-4-2-1-3-7(8)9-10-5-6-12-9;;;/h2*1-8,16H;2*1-8,15H;2*1-6,11H;;;/q;;;;;;;2*+2/p-5. The van der Waals surface area contributed by atoms with Crippen LogP contribution < -0.4 is 0 Å². The van der Waals surface area contributed by atoms with Crippen molar-refractivity contribution >= 4 is 151 Å². The van der Waals surface area contributed by atoms with Crippen LogP contribution >= 0.6 is 45.3 Å². The predicted octanol–water partition coefficient (Wildman–Crippen LogP) is 19.8. The Hall–Kier alpha value is -7.05. The molecule has 0 spiro atoms. The summed E-state index contributed by atoms with van der Waals surface area (Å²) in [5.41, 5.74) is 11.0. The number of rotatable bonds is 6. The molecule has 0 unspecified atom stereocenters. The number of phenols is 1. The average molecular weight is 1500 g/mol. The number of hydrogen-bond donors (Lipinski definition) is 1. The number of nitrogens with zero attached hydrogens (tertiary/aromatic N) is 6. The van der Waals surface area contributed by atoms with Crippen LogP contribution in [0, 0.1) is 0 Å². The van der Waals surface area contributed by atoms with Gasteiger partial charge in [-0.25, -0.2) is 29.9 Å². The summed E-state index contributed by atoms with van der Waals surface area (Å²) < 4.78 is 13.7. The third kappa shape index (κ3) is 18.2. The van der Waals surface area contributed by atoms with Gasteiger partial charge in [-0.2, -0.15) is 24.5 Å². The summed E-state index contributed by atoms with van der Waals surface area (Å²) in [6.45, 7) is 0. The smallest absolute Gasteiger partial charge is 0.779 e. The van der Waals surface area contributed by atoms with Crippen LogP contribution in [-0.4, -0.2) is 35.0 Å². The number of phenolic OH excluding ortho intramolecular Hbond substituents is 1. The Labute approximate surface area is 608 Å². The third-order valence-electron chi connectivity index (χ3n) is 12.8. The second-order valence-electron chi connectivity index (χ2n) is 18.6. The van der Waals surface area contributed by atoms with Gasteiger partial charge in [0.25, 0.3) is 0 Å². The zero-order valence-corrected chi connectivity index (χ0v) is 64.4. The Bertz CT molecular complexity index is 4240. The Kier molecular flexibility index (Phi) is 26.5. The quantitative estimate of drug-likeness (QED) is 0.125. The van der Waals surface area contributed by atoms with Crippen molar-refractivity contribution in [2.24, 2.45) is 0 Å². The first-order valence-electron chi connectivity index (χ1n) is 26.9. The van der Waals surface area contributed by atoms with Gasteiger partial charge >= 0.3 is 39.0 Å². The number of aromatic hydroxyl groups is 1. The molecule has 16 aromatic rings. The zero-order valence-electron chi connectivity index (χ0n) is 48.1. The molecule has 0 aliphatic carbocycles. The normalized spacial score (nSPS) is 10.2. The molecule has 10 aromatic carbocycles. The first kappa shape index (κ1) is 69.8. The van der Waals surface area contributed by atoms with Crippen molar-refractivity contribution in [1.82, 2.24) is 29.9 Å². The fourth-order valence-corrected chi connectivity index (χ4v) is 13.3. The molecule has 0 amide bonds. The molecule has 6 heterocycles. The molecule has 1 N–H and O–H groups in total. The molecule has 16 rings (SSSR count). The van der Waals surface area contributed by atoms with Crippen molar-refractivity contribution in [3.8, 4) is 70.9 Å². The fraction of sp³-hybridized carbons (Fsp3) is 0. The van der Waals surface area contributed by atoms with Crippen LogP contribution in [0.15, 0.2) is 299 Å². The van der Waals surface area contributed by atoms with Gasteiger partial charge in [0.15, 0.2) is 11.2 Å². The number of oxazole rings is 2. The number of para-hydroxylation sites is 7. The van der Waals surface area contributed by atoms with Crippen LogP contribution in [0.1, 0.15) is 0 Å². The van der Waals surface area contributed by atoms with Crippen LogP contribution in [-0.2, 0) is 122 Å². The minimum atomic E-state index is 0. The summed E-state index contributed by atoms with van der Waals surface area (Å²) in [5.74, 6) is 1.46. The van der Waals surface area contributed by atoms with Gasteiger partial charge in [-0.05, 0) is 77.4 Å². The first-order chi connectivity index (χ1) is 43.1. The van der Waals surface area contributed by atoms with Crippen LogP contribution in [0.3, 0.4) is 0 Å². The summed E-state index contributed by atoms with van der Waals surface area (Å²) >= 11 is 32.6. The molecular weight excluding hydrogens is 1460 g/mol. The second-order valence-corrected chi connectivity index (χ2v) is 24.7. The van der Waals surface area contributed by atoms with Crippen molar-refractivity contribution in [1.29, 1.82) is 0 Å². The van der Waals surface area contributed by atoms with Crippen LogP contribution in [0.2, 0.25) is 0 Å². The van der Waals surface area contributed by atoms with Crippen LogP contribution in [0.4, 0.5) is 0 Å². The Balaban J connectivity index is 0.000000140. The fourth-order valence-electron chi connectivity index (χ4n) is 8.53. The molecule has 0 fully saturated rings. The maximum Gasteiger partial charge on any atom is 2.00 e. The van der Waals surface area contributed by atoms with Gasteiger partial charge in [0.05, 0.1) is 26.0 Å². The Morgan fingerprint density at radius 3 is 0.945 bits per heavy atom. The topological polar surface area (TPSA) is 124 Å². The number of hydrogen-bond acceptors (Lipinski definition) is 18. The summed E-state index contributed by atoms with van der Waals surface area (Å²) in [7, 11) is 0. The monoisotopic (exact) mass is 1500 g/mol. The number of aromatic nitrogens is 6. The van der Waals surface area contributed by atoms with Gasteiger partial charge < -0.3 is 77.1 Å². The number of benzene rings is 10. The van der Waals surface area contributed by atoms with Gasteiger partial charge in [0.1, 0.15) is 36.8 Å². The molecular formula is C70H45N6O3S9Zn3-. The second kappa shape index (κ2) is 34.6. The molecule has 434 valence electrons. The zero-order chi connectivity index (χ0) is 60.6. The average Bonchev–Trinajstić information content (AvgIpc) is 2.11. The molecule has 9 nitrogen and oxygen atoms in total. The number of fused-ring (bicyclic) bond motifs is 4. The van der Waals surface area contributed by atoms with Gasteiger partial charge in [0.2, 0.25) is 11.8 Å². The minimum Gasteiger partial charge on any atom is -0.779 e. The van der Waals surface area contributed by atoms with E-state index in [1.165, 1.54) is 4.70 Å². The molecule has 0 saturated heterocycles. The third-order valence-corrected chi connectivity index (χ3v) is 18.3. The van der Waals surface area contributed by atoms with Gasteiger partial charge in [-0.1, -0.05) is 182 Å². The summed E-state index contributed by atoms with van der Waals surface area (Å²) in [4.78, 5) is 30.4. The van der Waals surface area contributed by atoms with Gasteiger partial charge in [0, 0.05) is 53.8 Å². The molecule has 0 radical (unpaired) electrons.